The van der Waals surface area contributed by atoms with Crippen molar-refractivity contribution in [1.82, 2.24) is 29.4 Å². The molecule has 0 aromatic rings. The van der Waals surface area contributed by atoms with Gasteiger partial charge in [0.05, 0.1) is 0 Å². The third-order valence-corrected chi connectivity index (χ3v) is 7.94. The minimum Gasteiger partial charge on any atom is -0.424 e. The van der Waals surface area contributed by atoms with E-state index in [0.717, 1.165) is 52.4 Å². The number of hydrogen-bond acceptors (Lipinski definition) is 9. The number of carbonyl (C=O) groups is 3. The predicted molar refractivity (Wildman–Crippen MR) is 135 cm³/mol. The Morgan fingerprint density at radius 2 is 0.750 bits per heavy atom. The van der Waals surface area contributed by atoms with Gasteiger partial charge in [0.2, 0.25) is 0 Å². The molecule has 11 nitrogen and oxygen atoms in total. The lowest BCUT2D eigenvalue weighted by Gasteiger charge is -2.35. The summed E-state index contributed by atoms with van der Waals surface area (Å²) in [5.74, 6) is -0.440. The van der Waals surface area contributed by atoms with Crippen molar-refractivity contribution in [3.8, 4) is 0 Å². The van der Waals surface area contributed by atoms with E-state index in [4.69, 9.17) is 9.47 Å². The zero-order valence-corrected chi connectivity index (χ0v) is 21.8. The van der Waals surface area contributed by atoms with Gasteiger partial charge in [-0.2, -0.15) is 0 Å². The van der Waals surface area contributed by atoms with Crippen LogP contribution >= 0.6 is 0 Å². The highest BCUT2D eigenvalue weighted by molar-refractivity contribution is 5.81. The topological polar surface area (TPSA) is 89.1 Å². The number of piperazine rings is 2. The average molecular weight is 509 g/mol. The molecule has 0 atom stereocenters. The fourth-order valence-corrected chi connectivity index (χ4v) is 5.49. The fourth-order valence-electron chi connectivity index (χ4n) is 5.49. The first-order chi connectivity index (χ1) is 17.6. The first-order valence-electron chi connectivity index (χ1n) is 13.8. The van der Waals surface area contributed by atoms with Crippen molar-refractivity contribution in [1.29, 1.82) is 0 Å². The molecule has 11 heteroatoms. The van der Waals surface area contributed by atoms with Crippen LogP contribution in [0.25, 0.3) is 0 Å². The van der Waals surface area contributed by atoms with Crippen molar-refractivity contribution in [3.63, 3.8) is 0 Å². The molecule has 4 heterocycles. The molecule has 0 aliphatic carbocycles. The first-order valence-corrected chi connectivity index (χ1v) is 13.8. The van der Waals surface area contributed by atoms with Crippen LogP contribution in [-0.4, -0.2) is 165 Å². The quantitative estimate of drug-likeness (QED) is 0.367. The van der Waals surface area contributed by atoms with Crippen LogP contribution in [0.5, 0.6) is 0 Å². The van der Waals surface area contributed by atoms with Crippen molar-refractivity contribution >= 4 is 18.0 Å². The number of amides is 2. The zero-order valence-electron chi connectivity index (χ0n) is 21.8. The zero-order chi connectivity index (χ0) is 25.2. The molecule has 204 valence electrons. The summed E-state index contributed by atoms with van der Waals surface area (Å²) < 4.78 is 9.96. The summed E-state index contributed by atoms with van der Waals surface area (Å²) in [5.41, 5.74) is 0. The van der Waals surface area contributed by atoms with Gasteiger partial charge in [-0.3, -0.25) is 19.4 Å². The molecule has 4 saturated heterocycles. The molecule has 4 fully saturated rings. The summed E-state index contributed by atoms with van der Waals surface area (Å²) >= 11 is 0. The summed E-state index contributed by atoms with van der Waals surface area (Å²) in [6.45, 7) is 14.3. The summed E-state index contributed by atoms with van der Waals surface area (Å²) in [6, 6.07) is 0. The van der Waals surface area contributed by atoms with Gasteiger partial charge in [0.25, 0.3) is 11.8 Å². The fraction of sp³-hybridized carbons (Fsp3) is 0.880. The number of carbonyl (C=O) groups excluding carboxylic acids is 3. The minimum absolute atomic E-state index is 0.220. The second-order valence-corrected chi connectivity index (χ2v) is 10.4. The number of rotatable bonds is 10. The van der Waals surface area contributed by atoms with Gasteiger partial charge in [-0.05, 0) is 51.9 Å². The van der Waals surface area contributed by atoms with E-state index in [1.807, 2.05) is 0 Å². The Kier molecular flexibility index (Phi) is 10.6. The van der Waals surface area contributed by atoms with Crippen molar-refractivity contribution in [3.05, 3.63) is 0 Å². The van der Waals surface area contributed by atoms with Crippen LogP contribution in [0.3, 0.4) is 0 Å². The van der Waals surface area contributed by atoms with E-state index >= 15 is 0 Å². The van der Waals surface area contributed by atoms with Crippen LogP contribution in [0.2, 0.25) is 0 Å². The Hall–Kier alpha value is -1.95. The third kappa shape index (κ3) is 8.57. The van der Waals surface area contributed by atoms with E-state index in [1.54, 1.807) is 9.80 Å². The lowest BCUT2D eigenvalue weighted by Crippen LogP contribution is -2.51. The van der Waals surface area contributed by atoms with Gasteiger partial charge in [0.1, 0.15) is 0 Å². The van der Waals surface area contributed by atoms with Gasteiger partial charge in [-0.25, -0.2) is 4.79 Å². The van der Waals surface area contributed by atoms with Crippen molar-refractivity contribution < 1.29 is 23.9 Å². The van der Waals surface area contributed by atoms with Crippen LogP contribution in [0.1, 0.15) is 25.7 Å². The maximum Gasteiger partial charge on any atom is 0.509 e. The van der Waals surface area contributed by atoms with Gasteiger partial charge in [-0.15, -0.1) is 0 Å². The maximum absolute atomic E-state index is 12.4. The molecule has 0 saturated carbocycles. The highest BCUT2D eigenvalue weighted by Gasteiger charge is 2.25. The highest BCUT2D eigenvalue weighted by Crippen LogP contribution is 2.10. The number of hydrogen-bond donors (Lipinski definition) is 0. The highest BCUT2D eigenvalue weighted by atomic mass is 16.7. The molecule has 0 N–H and O–H groups in total. The Bertz CT molecular complexity index is 654. The maximum atomic E-state index is 12.4. The molecule has 0 aromatic heterocycles. The third-order valence-electron chi connectivity index (χ3n) is 7.94. The smallest absolute Gasteiger partial charge is 0.424 e. The van der Waals surface area contributed by atoms with Crippen LogP contribution < -0.4 is 0 Å². The van der Waals surface area contributed by atoms with E-state index in [1.165, 1.54) is 51.9 Å². The average Bonchev–Trinajstić information content (AvgIpc) is 3.63. The second kappa shape index (κ2) is 14.1. The predicted octanol–water partition coefficient (Wildman–Crippen LogP) is -0.380. The van der Waals surface area contributed by atoms with Crippen molar-refractivity contribution in [2.24, 2.45) is 0 Å². The van der Waals surface area contributed by atoms with Crippen LogP contribution in [0.4, 0.5) is 4.79 Å². The molecule has 4 aliphatic heterocycles. The summed E-state index contributed by atoms with van der Waals surface area (Å²) in [6.07, 6.45) is 4.23. The molecule has 4 rings (SSSR count). The van der Waals surface area contributed by atoms with Crippen LogP contribution in [0, 0.1) is 0 Å². The van der Waals surface area contributed by atoms with Crippen LogP contribution in [-0.2, 0) is 19.1 Å². The lowest BCUT2D eigenvalue weighted by atomic mass is 10.3. The Morgan fingerprint density at radius 3 is 1.08 bits per heavy atom. The van der Waals surface area contributed by atoms with E-state index in [-0.39, 0.29) is 25.0 Å². The first kappa shape index (κ1) is 27.1. The number of nitrogens with zero attached hydrogens (tertiary/aromatic N) is 6. The van der Waals surface area contributed by atoms with Gasteiger partial charge in [0, 0.05) is 78.5 Å². The molecule has 0 bridgehead atoms. The molecule has 4 aliphatic rings. The van der Waals surface area contributed by atoms with E-state index < -0.39 is 6.16 Å². The monoisotopic (exact) mass is 508 g/mol. The molecule has 2 amide bonds. The SMILES string of the molecule is O=C(OCC(=O)N1CCN(CCN2CCCC2)CC1)OCC(=O)N1CCN(CCN2CCCC2)CC1. The molecule has 0 radical (unpaired) electrons. The van der Waals surface area contributed by atoms with Crippen molar-refractivity contribution in [2.75, 3.05) is 118 Å². The summed E-state index contributed by atoms with van der Waals surface area (Å²) in [4.78, 5) is 50.0. The lowest BCUT2D eigenvalue weighted by molar-refractivity contribution is -0.138. The molecule has 0 unspecified atom stereocenters. The Labute approximate surface area is 215 Å². The summed E-state index contributed by atoms with van der Waals surface area (Å²) in [5, 5.41) is 0. The van der Waals surface area contributed by atoms with E-state index in [9.17, 15) is 14.4 Å². The van der Waals surface area contributed by atoms with Gasteiger partial charge in [-0.1, -0.05) is 0 Å². The summed E-state index contributed by atoms with van der Waals surface area (Å²) in [7, 11) is 0. The number of ether oxygens (including phenoxy) is 2. The van der Waals surface area contributed by atoms with Crippen molar-refractivity contribution in [2.45, 2.75) is 25.7 Å². The molecular weight excluding hydrogens is 464 g/mol. The number of likely N-dealkylation sites (tertiary alicyclic amines) is 2. The Balaban J connectivity index is 1.02. The molecule has 0 spiro atoms. The molecular formula is C25H44N6O5. The standard InChI is InChI=1S/C25H44N6O5/c32-23(30-17-13-28(14-18-30)11-9-26-5-1-2-6-26)21-35-25(34)36-22-24(33)31-19-15-29(16-20-31)12-10-27-7-3-4-8-27/h1-22H2. The minimum atomic E-state index is -0.967. The largest absolute Gasteiger partial charge is 0.509 e. The van der Waals surface area contributed by atoms with Gasteiger partial charge < -0.3 is 29.1 Å². The van der Waals surface area contributed by atoms with Crippen LogP contribution in [0.15, 0.2) is 0 Å². The van der Waals surface area contributed by atoms with Gasteiger partial charge in [0.15, 0.2) is 13.2 Å². The van der Waals surface area contributed by atoms with Gasteiger partial charge >= 0.3 is 6.16 Å². The molecule has 36 heavy (non-hydrogen) atoms. The second-order valence-electron chi connectivity index (χ2n) is 10.4. The van der Waals surface area contributed by atoms with E-state index in [0.29, 0.717) is 26.2 Å². The van der Waals surface area contributed by atoms with E-state index in [2.05, 4.69) is 19.6 Å². The Morgan fingerprint density at radius 1 is 0.444 bits per heavy atom. The normalized spacial score (nSPS) is 22.8. The molecule has 0 aromatic carbocycles.